The first-order valence-corrected chi connectivity index (χ1v) is 4.80. The Morgan fingerprint density at radius 3 is 2.47 bits per heavy atom. The molecule has 4 N–H and O–H groups in total. The van der Waals surface area contributed by atoms with Gasteiger partial charge in [-0.2, -0.15) is 0 Å². The Labute approximate surface area is 87.9 Å². The van der Waals surface area contributed by atoms with Crippen molar-refractivity contribution in [3.63, 3.8) is 0 Å². The largest absolute Gasteiger partial charge is 0.310 e. The molecule has 0 saturated heterocycles. The number of quaternary nitrogens is 1. The third-order valence-corrected chi connectivity index (χ3v) is 2.40. The Hall–Kier alpha value is -1.87. The van der Waals surface area contributed by atoms with Crippen molar-refractivity contribution in [2.45, 2.75) is 6.92 Å². The fourth-order valence-corrected chi connectivity index (χ4v) is 1.47. The predicted octanol–water partition coefficient (Wildman–Crippen LogP) is 1.43. The van der Waals surface area contributed by atoms with Crippen LogP contribution in [0.2, 0.25) is 0 Å². The zero-order valence-corrected chi connectivity index (χ0v) is 8.58. The number of H-pyrrole nitrogens is 1. The summed E-state index contributed by atoms with van der Waals surface area (Å²) in [7, 11) is 0. The van der Waals surface area contributed by atoms with Gasteiger partial charge in [-0.15, -0.1) is 0 Å². The van der Waals surface area contributed by atoms with Crippen LogP contribution in [0.5, 0.6) is 0 Å². The normalized spacial score (nSPS) is 10.3. The van der Waals surface area contributed by atoms with E-state index in [0.29, 0.717) is 11.3 Å². The van der Waals surface area contributed by atoms with Gasteiger partial charge in [0.1, 0.15) is 0 Å². The lowest BCUT2D eigenvalue weighted by molar-refractivity contribution is -0.261. The third-order valence-electron chi connectivity index (χ3n) is 2.40. The molecule has 0 amide bonds. The van der Waals surface area contributed by atoms with Gasteiger partial charge in [0.25, 0.3) is 0 Å². The SMILES string of the molecule is Cc1cc(C(=O)c2ccccc2)[nH]c1[NH3+]. The maximum absolute atomic E-state index is 12.0. The van der Waals surface area contributed by atoms with Crippen molar-refractivity contribution in [1.82, 2.24) is 4.98 Å². The molecular weight excluding hydrogens is 188 g/mol. The Kier molecular flexibility index (Phi) is 2.39. The highest BCUT2D eigenvalue weighted by Gasteiger charge is 2.12. The molecule has 0 fully saturated rings. The van der Waals surface area contributed by atoms with Gasteiger partial charge in [-0.25, -0.2) is 0 Å². The average Bonchev–Trinajstić information content (AvgIpc) is 2.59. The zero-order chi connectivity index (χ0) is 10.8. The van der Waals surface area contributed by atoms with Crippen LogP contribution >= 0.6 is 0 Å². The number of ketones is 1. The molecule has 0 aliphatic heterocycles. The topological polar surface area (TPSA) is 60.5 Å². The molecule has 0 spiro atoms. The molecule has 15 heavy (non-hydrogen) atoms. The van der Waals surface area contributed by atoms with E-state index in [4.69, 9.17) is 0 Å². The highest BCUT2D eigenvalue weighted by molar-refractivity contribution is 6.08. The number of aromatic nitrogens is 1. The summed E-state index contributed by atoms with van der Waals surface area (Å²) in [6, 6.07) is 11.0. The van der Waals surface area contributed by atoms with Crippen molar-refractivity contribution in [3.8, 4) is 0 Å². The lowest BCUT2D eigenvalue weighted by Gasteiger charge is -1.96. The molecule has 3 heteroatoms. The Bertz CT molecular complexity index is 466. The summed E-state index contributed by atoms with van der Waals surface area (Å²) in [6.07, 6.45) is 0. The number of hydrogen-bond acceptors (Lipinski definition) is 1. The van der Waals surface area contributed by atoms with Gasteiger partial charge < -0.3 is 10.7 Å². The molecule has 0 saturated carbocycles. The molecule has 0 aliphatic carbocycles. The first kappa shape index (κ1) is 9.68. The second kappa shape index (κ2) is 3.71. The number of aryl methyl sites for hydroxylation is 1. The molecule has 1 heterocycles. The van der Waals surface area contributed by atoms with E-state index >= 15 is 0 Å². The van der Waals surface area contributed by atoms with Crippen LogP contribution in [0, 0.1) is 6.92 Å². The molecule has 0 atom stereocenters. The van der Waals surface area contributed by atoms with Crippen molar-refractivity contribution in [2.75, 3.05) is 0 Å². The van der Waals surface area contributed by atoms with E-state index in [9.17, 15) is 4.79 Å². The first-order chi connectivity index (χ1) is 7.18. The van der Waals surface area contributed by atoms with Gasteiger partial charge in [0.05, 0.1) is 5.69 Å². The monoisotopic (exact) mass is 201 g/mol. The van der Waals surface area contributed by atoms with Gasteiger partial charge in [0, 0.05) is 11.1 Å². The number of hydrogen-bond donors (Lipinski definition) is 2. The van der Waals surface area contributed by atoms with Crippen molar-refractivity contribution in [3.05, 3.63) is 53.2 Å². The summed E-state index contributed by atoms with van der Waals surface area (Å²) in [5, 5.41) is 0. The molecule has 2 aromatic rings. The Balaban J connectivity index is 2.37. The summed E-state index contributed by atoms with van der Waals surface area (Å²) < 4.78 is 0. The van der Waals surface area contributed by atoms with Gasteiger partial charge >= 0.3 is 0 Å². The van der Waals surface area contributed by atoms with E-state index in [0.717, 1.165) is 11.4 Å². The zero-order valence-electron chi connectivity index (χ0n) is 8.58. The minimum atomic E-state index is 0.00796. The predicted molar refractivity (Wildman–Crippen MR) is 58.0 cm³/mol. The van der Waals surface area contributed by atoms with E-state index in [1.54, 1.807) is 12.1 Å². The van der Waals surface area contributed by atoms with E-state index in [-0.39, 0.29) is 5.78 Å². The lowest BCUT2D eigenvalue weighted by Crippen LogP contribution is -2.41. The van der Waals surface area contributed by atoms with Crippen LogP contribution in [0.1, 0.15) is 21.6 Å². The van der Waals surface area contributed by atoms with Crippen LogP contribution in [0.3, 0.4) is 0 Å². The number of aromatic amines is 1. The molecule has 1 aromatic carbocycles. The molecule has 0 radical (unpaired) electrons. The second-order valence-corrected chi connectivity index (χ2v) is 3.54. The van der Waals surface area contributed by atoms with E-state index in [2.05, 4.69) is 10.7 Å². The molecule has 2 rings (SSSR count). The Morgan fingerprint density at radius 2 is 1.93 bits per heavy atom. The van der Waals surface area contributed by atoms with Crippen LogP contribution in [0.25, 0.3) is 0 Å². The summed E-state index contributed by atoms with van der Waals surface area (Å²) in [6.45, 7) is 1.93. The third kappa shape index (κ3) is 1.82. The minimum absolute atomic E-state index is 0.00796. The van der Waals surface area contributed by atoms with Crippen LogP contribution < -0.4 is 5.73 Å². The van der Waals surface area contributed by atoms with Gasteiger partial charge in [-0.1, -0.05) is 30.3 Å². The Morgan fingerprint density at radius 1 is 1.27 bits per heavy atom. The van der Waals surface area contributed by atoms with Gasteiger partial charge in [-0.05, 0) is 13.0 Å². The molecule has 0 unspecified atom stereocenters. The summed E-state index contributed by atoms with van der Waals surface area (Å²) in [5.74, 6) is 0.808. The first-order valence-electron chi connectivity index (χ1n) is 4.80. The smallest absolute Gasteiger partial charge is 0.209 e. The maximum Gasteiger partial charge on any atom is 0.209 e. The summed E-state index contributed by atoms with van der Waals surface area (Å²) >= 11 is 0. The number of carbonyl (C=O) groups excluding carboxylic acids is 1. The quantitative estimate of drug-likeness (QED) is 0.709. The van der Waals surface area contributed by atoms with E-state index < -0.39 is 0 Å². The standard InChI is InChI=1S/C12H12N2O/c1-8-7-10(14-12(8)13)11(15)9-5-3-2-4-6-9/h2-7,14H,13H2,1H3/p+1. The highest BCUT2D eigenvalue weighted by atomic mass is 16.1. The van der Waals surface area contributed by atoms with Crippen molar-refractivity contribution in [1.29, 1.82) is 0 Å². The maximum atomic E-state index is 12.0. The average molecular weight is 201 g/mol. The van der Waals surface area contributed by atoms with Crippen molar-refractivity contribution in [2.24, 2.45) is 0 Å². The fraction of sp³-hybridized carbons (Fsp3) is 0.0833. The van der Waals surface area contributed by atoms with Gasteiger partial charge in [0.15, 0.2) is 0 Å². The minimum Gasteiger partial charge on any atom is -0.310 e. The van der Waals surface area contributed by atoms with Crippen LogP contribution in [-0.4, -0.2) is 10.8 Å². The molecular formula is C12H13N2O+. The molecule has 1 aromatic heterocycles. The summed E-state index contributed by atoms with van der Waals surface area (Å²) in [5.41, 5.74) is 6.11. The number of nitrogens with one attached hydrogen (secondary N) is 1. The van der Waals surface area contributed by atoms with Crippen LogP contribution in [0.15, 0.2) is 36.4 Å². The van der Waals surface area contributed by atoms with E-state index in [1.807, 2.05) is 31.2 Å². The molecule has 3 nitrogen and oxygen atoms in total. The van der Waals surface area contributed by atoms with Gasteiger partial charge in [0.2, 0.25) is 11.6 Å². The second-order valence-electron chi connectivity index (χ2n) is 3.54. The molecule has 0 aliphatic rings. The molecule has 76 valence electrons. The molecule has 0 bridgehead atoms. The van der Waals surface area contributed by atoms with E-state index in [1.165, 1.54) is 0 Å². The fourth-order valence-electron chi connectivity index (χ4n) is 1.47. The van der Waals surface area contributed by atoms with Crippen LogP contribution in [-0.2, 0) is 0 Å². The lowest BCUT2D eigenvalue weighted by atomic mass is 10.1. The summed E-state index contributed by atoms with van der Waals surface area (Å²) in [4.78, 5) is 14.9. The highest BCUT2D eigenvalue weighted by Crippen LogP contribution is 2.13. The van der Waals surface area contributed by atoms with Crippen molar-refractivity contribution < 1.29 is 10.5 Å². The number of benzene rings is 1. The number of rotatable bonds is 2. The van der Waals surface area contributed by atoms with Crippen LogP contribution in [0.4, 0.5) is 5.82 Å². The van der Waals surface area contributed by atoms with Gasteiger partial charge in [-0.3, -0.25) is 4.79 Å². The number of carbonyl (C=O) groups is 1. The van der Waals surface area contributed by atoms with Crippen molar-refractivity contribution >= 4 is 11.6 Å².